The van der Waals surface area contributed by atoms with Gasteiger partial charge in [0.15, 0.2) is 12.4 Å². The van der Waals surface area contributed by atoms with Crippen LogP contribution in [0, 0.1) is 5.82 Å². The summed E-state index contributed by atoms with van der Waals surface area (Å²) in [6.45, 7) is 1.56. The van der Waals surface area contributed by atoms with Gasteiger partial charge in [0, 0.05) is 17.7 Å². The molecule has 136 valence electrons. The zero-order valence-electron chi connectivity index (χ0n) is 14.5. The number of aryl methyl sites for hydroxylation is 1. The molecule has 0 heterocycles. The van der Waals surface area contributed by atoms with Gasteiger partial charge < -0.3 is 10.1 Å². The minimum absolute atomic E-state index is 0.0647. The lowest BCUT2D eigenvalue weighted by Gasteiger charge is -2.10. The van der Waals surface area contributed by atoms with Crippen molar-refractivity contribution < 1.29 is 23.5 Å². The molecule has 0 unspecified atom stereocenters. The number of halogens is 1. The van der Waals surface area contributed by atoms with E-state index in [1.165, 1.54) is 24.3 Å². The Balaban J connectivity index is 1.75. The zero-order chi connectivity index (χ0) is 18.9. The first-order valence-corrected chi connectivity index (χ1v) is 8.31. The number of amides is 1. The molecule has 2 rings (SSSR count). The number of nitrogens with one attached hydrogen (secondary N) is 1. The van der Waals surface area contributed by atoms with Crippen molar-refractivity contribution in [3.05, 3.63) is 65.5 Å². The van der Waals surface area contributed by atoms with E-state index in [0.717, 1.165) is 12.0 Å². The SMILES string of the molecule is CCc1ccccc1NC(=O)COC(=O)CCC(=O)c1ccc(F)cc1. The first kappa shape index (κ1) is 19.3. The number of ether oxygens (including phenoxy) is 1. The molecule has 2 aromatic rings. The van der Waals surface area contributed by atoms with Gasteiger partial charge in [-0.3, -0.25) is 14.4 Å². The number of ketones is 1. The molecule has 2 aromatic carbocycles. The van der Waals surface area contributed by atoms with E-state index in [9.17, 15) is 18.8 Å². The Labute approximate surface area is 151 Å². The lowest BCUT2D eigenvalue weighted by atomic mass is 10.1. The van der Waals surface area contributed by atoms with Gasteiger partial charge in [0.25, 0.3) is 5.91 Å². The molecule has 0 aromatic heterocycles. The highest BCUT2D eigenvalue weighted by Gasteiger charge is 2.12. The molecule has 0 saturated heterocycles. The molecular weight excluding hydrogens is 337 g/mol. The van der Waals surface area contributed by atoms with Gasteiger partial charge in [-0.1, -0.05) is 25.1 Å². The molecule has 1 N–H and O–H groups in total. The zero-order valence-corrected chi connectivity index (χ0v) is 14.5. The number of hydrogen-bond donors (Lipinski definition) is 1. The normalized spacial score (nSPS) is 10.2. The highest BCUT2D eigenvalue weighted by Crippen LogP contribution is 2.15. The van der Waals surface area contributed by atoms with Gasteiger partial charge in [0.1, 0.15) is 5.82 Å². The van der Waals surface area contributed by atoms with Gasteiger partial charge in [0.2, 0.25) is 0 Å². The van der Waals surface area contributed by atoms with Gasteiger partial charge in [0.05, 0.1) is 6.42 Å². The van der Waals surface area contributed by atoms with E-state index in [2.05, 4.69) is 5.32 Å². The third-order valence-electron chi connectivity index (χ3n) is 3.76. The molecule has 5 nitrogen and oxygen atoms in total. The van der Waals surface area contributed by atoms with Crippen molar-refractivity contribution in [1.29, 1.82) is 0 Å². The van der Waals surface area contributed by atoms with Crippen LogP contribution in [0.5, 0.6) is 0 Å². The van der Waals surface area contributed by atoms with Crippen LogP contribution < -0.4 is 5.32 Å². The summed E-state index contributed by atoms with van der Waals surface area (Å²) >= 11 is 0. The minimum Gasteiger partial charge on any atom is -0.456 e. The predicted octanol–water partition coefficient (Wildman–Crippen LogP) is 3.53. The van der Waals surface area contributed by atoms with Crippen molar-refractivity contribution >= 4 is 23.3 Å². The molecular formula is C20H20FNO4. The van der Waals surface area contributed by atoms with E-state index >= 15 is 0 Å². The summed E-state index contributed by atoms with van der Waals surface area (Å²) in [5, 5.41) is 2.69. The summed E-state index contributed by atoms with van der Waals surface area (Å²) in [5.74, 6) is -1.80. The Hall–Kier alpha value is -3.02. The van der Waals surface area contributed by atoms with E-state index in [4.69, 9.17) is 4.74 Å². The summed E-state index contributed by atoms with van der Waals surface area (Å²) in [5.41, 5.74) is 1.99. The molecule has 0 aliphatic rings. The number of esters is 1. The number of hydrogen-bond acceptors (Lipinski definition) is 4. The molecule has 0 saturated carbocycles. The molecule has 26 heavy (non-hydrogen) atoms. The quantitative estimate of drug-likeness (QED) is 0.579. The average Bonchev–Trinajstić information content (AvgIpc) is 2.65. The van der Waals surface area contributed by atoms with Crippen molar-refractivity contribution in [1.82, 2.24) is 0 Å². The molecule has 6 heteroatoms. The number of benzene rings is 2. The second-order valence-corrected chi connectivity index (χ2v) is 5.65. The molecule has 0 atom stereocenters. The maximum Gasteiger partial charge on any atom is 0.306 e. The van der Waals surface area contributed by atoms with Gasteiger partial charge in [-0.05, 0) is 42.3 Å². The largest absolute Gasteiger partial charge is 0.456 e. The Morgan fingerprint density at radius 1 is 1.00 bits per heavy atom. The second kappa shape index (κ2) is 9.46. The van der Waals surface area contributed by atoms with Crippen LogP contribution in [0.1, 0.15) is 35.7 Å². The van der Waals surface area contributed by atoms with Crippen molar-refractivity contribution in [3.8, 4) is 0 Å². The monoisotopic (exact) mass is 357 g/mol. The number of Topliss-reactive ketones (excluding diaryl/α,β-unsaturated/α-hetero) is 1. The van der Waals surface area contributed by atoms with Gasteiger partial charge >= 0.3 is 5.97 Å². The first-order chi connectivity index (χ1) is 12.5. The molecule has 0 radical (unpaired) electrons. The summed E-state index contributed by atoms with van der Waals surface area (Å²) in [6.07, 6.45) is 0.557. The van der Waals surface area contributed by atoms with Crippen LogP contribution in [0.25, 0.3) is 0 Å². The van der Waals surface area contributed by atoms with Crippen LogP contribution in [-0.2, 0) is 20.7 Å². The highest BCUT2D eigenvalue weighted by atomic mass is 19.1. The number of rotatable bonds is 8. The number of carbonyl (C=O) groups is 3. The summed E-state index contributed by atoms with van der Waals surface area (Å²) in [4.78, 5) is 35.5. The number of carbonyl (C=O) groups excluding carboxylic acids is 3. The maximum absolute atomic E-state index is 12.8. The lowest BCUT2D eigenvalue weighted by Crippen LogP contribution is -2.21. The fourth-order valence-electron chi connectivity index (χ4n) is 2.35. The molecule has 0 aliphatic carbocycles. The van der Waals surface area contributed by atoms with E-state index in [0.29, 0.717) is 11.3 Å². The molecule has 1 amide bonds. The molecule has 0 aliphatic heterocycles. The lowest BCUT2D eigenvalue weighted by molar-refractivity contribution is -0.147. The number of anilines is 1. The van der Waals surface area contributed by atoms with E-state index in [1.54, 1.807) is 6.07 Å². The van der Waals surface area contributed by atoms with Crippen LogP contribution >= 0.6 is 0 Å². The van der Waals surface area contributed by atoms with Gasteiger partial charge in [-0.25, -0.2) is 4.39 Å². The van der Waals surface area contributed by atoms with Crippen LogP contribution in [0.3, 0.4) is 0 Å². The highest BCUT2D eigenvalue weighted by molar-refractivity contribution is 5.98. The summed E-state index contributed by atoms with van der Waals surface area (Å²) in [6, 6.07) is 12.5. The Morgan fingerprint density at radius 3 is 2.38 bits per heavy atom. The Kier molecular flexibility index (Phi) is 7.02. The maximum atomic E-state index is 12.8. The summed E-state index contributed by atoms with van der Waals surface area (Å²) in [7, 11) is 0. The van der Waals surface area contributed by atoms with Crippen LogP contribution in [0.2, 0.25) is 0 Å². The van der Waals surface area contributed by atoms with Crippen molar-refractivity contribution in [2.45, 2.75) is 26.2 Å². The standard InChI is InChI=1S/C20H20FNO4/c1-2-14-5-3-4-6-17(14)22-19(24)13-26-20(25)12-11-18(23)15-7-9-16(21)10-8-15/h3-10H,2,11-13H2,1H3,(H,22,24). The fraction of sp³-hybridized carbons (Fsp3) is 0.250. The minimum atomic E-state index is -0.639. The van der Waals surface area contributed by atoms with Crippen LogP contribution in [-0.4, -0.2) is 24.3 Å². The summed E-state index contributed by atoms with van der Waals surface area (Å²) < 4.78 is 17.7. The van der Waals surface area contributed by atoms with Crippen LogP contribution in [0.15, 0.2) is 48.5 Å². The molecule has 0 spiro atoms. The van der Waals surface area contributed by atoms with Crippen molar-refractivity contribution in [2.75, 3.05) is 11.9 Å². The van der Waals surface area contributed by atoms with Gasteiger partial charge in [-0.2, -0.15) is 0 Å². The average molecular weight is 357 g/mol. The predicted molar refractivity (Wildman–Crippen MR) is 95.4 cm³/mol. The molecule has 0 bridgehead atoms. The van der Waals surface area contributed by atoms with E-state index in [1.807, 2.05) is 25.1 Å². The Bertz CT molecular complexity index is 787. The number of para-hydroxylation sites is 1. The van der Waals surface area contributed by atoms with E-state index < -0.39 is 24.3 Å². The molecule has 0 fully saturated rings. The second-order valence-electron chi connectivity index (χ2n) is 5.65. The smallest absolute Gasteiger partial charge is 0.306 e. The third kappa shape index (κ3) is 5.81. The fourth-order valence-corrected chi connectivity index (χ4v) is 2.35. The first-order valence-electron chi connectivity index (χ1n) is 8.31. The van der Waals surface area contributed by atoms with Crippen molar-refractivity contribution in [2.24, 2.45) is 0 Å². The van der Waals surface area contributed by atoms with Gasteiger partial charge in [-0.15, -0.1) is 0 Å². The third-order valence-corrected chi connectivity index (χ3v) is 3.76. The van der Waals surface area contributed by atoms with Crippen molar-refractivity contribution in [3.63, 3.8) is 0 Å². The van der Waals surface area contributed by atoms with E-state index in [-0.39, 0.29) is 18.6 Å². The Morgan fingerprint density at radius 2 is 1.69 bits per heavy atom. The topological polar surface area (TPSA) is 72.5 Å². The van der Waals surface area contributed by atoms with Crippen LogP contribution in [0.4, 0.5) is 10.1 Å².